The van der Waals surface area contributed by atoms with Gasteiger partial charge >= 0.3 is 6.03 Å². The molecule has 3 N–H and O–H groups in total. The first kappa shape index (κ1) is 9.05. The number of aromatic amines is 1. The molecule has 1 aromatic heterocycles. The SMILES string of the molecule is CC(C)c1n[nH]c2c1CN(C(N)=O)C2. The summed E-state index contributed by atoms with van der Waals surface area (Å²) in [5, 5.41) is 7.18. The van der Waals surface area contributed by atoms with Crippen LogP contribution >= 0.6 is 0 Å². The van der Waals surface area contributed by atoms with Gasteiger partial charge in [0.1, 0.15) is 0 Å². The summed E-state index contributed by atoms with van der Waals surface area (Å²) >= 11 is 0. The van der Waals surface area contributed by atoms with E-state index in [1.807, 2.05) is 0 Å². The van der Waals surface area contributed by atoms with Crippen molar-refractivity contribution in [2.75, 3.05) is 0 Å². The number of carbonyl (C=O) groups excluding carboxylic acids is 1. The number of H-pyrrole nitrogens is 1. The Morgan fingerprint density at radius 1 is 1.57 bits per heavy atom. The van der Waals surface area contributed by atoms with Gasteiger partial charge in [0, 0.05) is 5.56 Å². The van der Waals surface area contributed by atoms with E-state index >= 15 is 0 Å². The van der Waals surface area contributed by atoms with E-state index in [2.05, 4.69) is 24.0 Å². The third kappa shape index (κ3) is 1.25. The van der Waals surface area contributed by atoms with Crippen molar-refractivity contribution in [3.8, 4) is 0 Å². The Morgan fingerprint density at radius 2 is 2.29 bits per heavy atom. The summed E-state index contributed by atoms with van der Waals surface area (Å²) in [7, 11) is 0. The van der Waals surface area contributed by atoms with Crippen LogP contribution < -0.4 is 5.73 Å². The average Bonchev–Trinajstić information content (AvgIpc) is 2.58. The number of hydrogen-bond acceptors (Lipinski definition) is 2. The molecule has 1 aliphatic heterocycles. The largest absolute Gasteiger partial charge is 0.351 e. The van der Waals surface area contributed by atoms with E-state index in [-0.39, 0.29) is 6.03 Å². The van der Waals surface area contributed by atoms with Crippen LogP contribution in [0.25, 0.3) is 0 Å². The predicted octanol–water partition coefficient (Wildman–Crippen LogP) is 0.927. The highest BCUT2D eigenvalue weighted by Crippen LogP contribution is 2.27. The summed E-state index contributed by atoms with van der Waals surface area (Å²) < 4.78 is 0. The first-order valence-corrected chi connectivity index (χ1v) is 4.70. The zero-order valence-electron chi connectivity index (χ0n) is 8.37. The highest BCUT2D eigenvalue weighted by molar-refractivity contribution is 5.72. The maximum absolute atomic E-state index is 11.0. The van der Waals surface area contributed by atoms with E-state index in [9.17, 15) is 4.79 Å². The van der Waals surface area contributed by atoms with Gasteiger partial charge in [-0.25, -0.2) is 4.79 Å². The fourth-order valence-corrected chi connectivity index (χ4v) is 1.80. The summed E-state index contributed by atoms with van der Waals surface area (Å²) in [5.74, 6) is 0.378. The maximum atomic E-state index is 11.0. The number of fused-ring (bicyclic) bond motifs is 1. The zero-order valence-corrected chi connectivity index (χ0v) is 8.37. The van der Waals surface area contributed by atoms with Gasteiger partial charge in [0.05, 0.1) is 24.5 Å². The predicted molar refractivity (Wildman–Crippen MR) is 51.5 cm³/mol. The molecule has 0 spiro atoms. The van der Waals surface area contributed by atoms with Crippen molar-refractivity contribution in [2.24, 2.45) is 5.73 Å². The monoisotopic (exact) mass is 194 g/mol. The van der Waals surface area contributed by atoms with E-state index in [4.69, 9.17) is 5.73 Å². The van der Waals surface area contributed by atoms with Crippen molar-refractivity contribution < 1.29 is 4.79 Å². The molecule has 0 atom stereocenters. The highest BCUT2D eigenvalue weighted by Gasteiger charge is 2.27. The number of primary amides is 1. The number of aromatic nitrogens is 2. The summed E-state index contributed by atoms with van der Waals surface area (Å²) in [4.78, 5) is 12.6. The highest BCUT2D eigenvalue weighted by atomic mass is 16.2. The van der Waals surface area contributed by atoms with Crippen LogP contribution in [0.15, 0.2) is 0 Å². The third-order valence-corrected chi connectivity index (χ3v) is 2.54. The molecular weight excluding hydrogens is 180 g/mol. The van der Waals surface area contributed by atoms with Crippen LogP contribution in [0.4, 0.5) is 4.79 Å². The summed E-state index contributed by atoms with van der Waals surface area (Å²) in [6.45, 7) is 5.33. The second-order valence-corrected chi connectivity index (χ2v) is 3.91. The van der Waals surface area contributed by atoms with Crippen molar-refractivity contribution in [3.05, 3.63) is 17.0 Å². The fourth-order valence-electron chi connectivity index (χ4n) is 1.80. The van der Waals surface area contributed by atoms with Crippen LogP contribution in [0.3, 0.4) is 0 Å². The minimum Gasteiger partial charge on any atom is -0.351 e. The van der Waals surface area contributed by atoms with E-state index in [0.717, 1.165) is 17.0 Å². The van der Waals surface area contributed by atoms with Crippen molar-refractivity contribution in [3.63, 3.8) is 0 Å². The Morgan fingerprint density at radius 3 is 2.86 bits per heavy atom. The molecule has 5 nitrogen and oxygen atoms in total. The van der Waals surface area contributed by atoms with E-state index < -0.39 is 0 Å². The van der Waals surface area contributed by atoms with Gasteiger partial charge in [-0.3, -0.25) is 5.10 Å². The first-order chi connectivity index (χ1) is 6.59. The van der Waals surface area contributed by atoms with Crippen LogP contribution in [0.5, 0.6) is 0 Å². The molecule has 0 fully saturated rings. The van der Waals surface area contributed by atoms with E-state index in [0.29, 0.717) is 19.0 Å². The zero-order chi connectivity index (χ0) is 10.3. The lowest BCUT2D eigenvalue weighted by atomic mass is 10.1. The Hall–Kier alpha value is -1.52. The molecule has 0 unspecified atom stereocenters. The molecule has 0 saturated heterocycles. The van der Waals surface area contributed by atoms with Crippen LogP contribution in [-0.2, 0) is 13.1 Å². The van der Waals surface area contributed by atoms with Crippen molar-refractivity contribution in [1.82, 2.24) is 15.1 Å². The number of nitrogens with two attached hydrogens (primary N) is 1. The van der Waals surface area contributed by atoms with Crippen molar-refractivity contribution in [1.29, 1.82) is 0 Å². The van der Waals surface area contributed by atoms with Gasteiger partial charge in [0.2, 0.25) is 0 Å². The van der Waals surface area contributed by atoms with Gasteiger partial charge in [0.15, 0.2) is 0 Å². The summed E-state index contributed by atoms with van der Waals surface area (Å²) in [5.41, 5.74) is 8.42. The molecule has 14 heavy (non-hydrogen) atoms. The number of carbonyl (C=O) groups is 1. The molecule has 2 heterocycles. The lowest BCUT2D eigenvalue weighted by Gasteiger charge is -2.11. The topological polar surface area (TPSA) is 75.0 Å². The number of rotatable bonds is 1. The number of amides is 2. The Kier molecular flexibility index (Phi) is 1.94. The molecule has 0 aliphatic carbocycles. The van der Waals surface area contributed by atoms with Gasteiger partial charge in [-0.05, 0) is 5.92 Å². The number of nitrogens with one attached hydrogen (secondary N) is 1. The standard InChI is InChI=1S/C9H14N4O/c1-5(2)8-6-3-13(9(10)14)4-7(6)11-12-8/h5H,3-4H2,1-2H3,(H2,10,14)(H,11,12). The minimum atomic E-state index is -0.371. The molecule has 1 aromatic rings. The summed E-state index contributed by atoms with van der Waals surface area (Å²) in [6.07, 6.45) is 0. The Balaban J connectivity index is 2.28. The average molecular weight is 194 g/mol. The molecule has 2 amide bonds. The molecule has 1 aliphatic rings. The maximum Gasteiger partial charge on any atom is 0.315 e. The van der Waals surface area contributed by atoms with Crippen LogP contribution in [0, 0.1) is 0 Å². The van der Waals surface area contributed by atoms with Gasteiger partial charge in [-0.2, -0.15) is 5.10 Å². The second kappa shape index (κ2) is 3.01. The molecule has 76 valence electrons. The van der Waals surface area contributed by atoms with Gasteiger partial charge < -0.3 is 10.6 Å². The van der Waals surface area contributed by atoms with Gasteiger partial charge in [-0.1, -0.05) is 13.8 Å². The van der Waals surface area contributed by atoms with Crippen LogP contribution in [0.2, 0.25) is 0 Å². The molecular formula is C9H14N4O. The molecule has 2 rings (SSSR count). The number of nitrogens with zero attached hydrogens (tertiary/aromatic N) is 2. The Bertz CT molecular complexity index is 369. The van der Waals surface area contributed by atoms with E-state index in [1.165, 1.54) is 0 Å². The smallest absolute Gasteiger partial charge is 0.315 e. The number of hydrogen-bond donors (Lipinski definition) is 2. The third-order valence-electron chi connectivity index (χ3n) is 2.54. The molecule has 0 saturated carbocycles. The second-order valence-electron chi connectivity index (χ2n) is 3.91. The molecule has 0 bridgehead atoms. The van der Waals surface area contributed by atoms with E-state index in [1.54, 1.807) is 4.90 Å². The molecule has 5 heteroatoms. The van der Waals surface area contributed by atoms with Crippen molar-refractivity contribution in [2.45, 2.75) is 32.9 Å². The van der Waals surface area contributed by atoms with Crippen LogP contribution in [-0.4, -0.2) is 21.1 Å². The lowest BCUT2D eigenvalue weighted by molar-refractivity contribution is 0.207. The minimum absolute atomic E-state index is 0.371. The van der Waals surface area contributed by atoms with Crippen molar-refractivity contribution >= 4 is 6.03 Å². The first-order valence-electron chi connectivity index (χ1n) is 4.70. The quantitative estimate of drug-likeness (QED) is 0.697. The fraction of sp³-hybridized carbons (Fsp3) is 0.556. The normalized spacial score (nSPS) is 14.9. The lowest BCUT2D eigenvalue weighted by Crippen LogP contribution is -2.31. The van der Waals surface area contributed by atoms with Gasteiger partial charge in [-0.15, -0.1) is 0 Å². The molecule has 0 radical (unpaired) electrons. The Labute approximate surface area is 82.3 Å². The molecule has 0 aromatic carbocycles. The number of urea groups is 1. The van der Waals surface area contributed by atoms with Crippen LogP contribution in [0.1, 0.15) is 36.7 Å². The van der Waals surface area contributed by atoms with Gasteiger partial charge in [0.25, 0.3) is 0 Å². The summed E-state index contributed by atoms with van der Waals surface area (Å²) in [6, 6.07) is -0.371.